The molecule has 0 heterocycles. The fourth-order valence-corrected chi connectivity index (χ4v) is 12.8. The molecule has 3 N–H and O–H groups in total. The van der Waals surface area contributed by atoms with Gasteiger partial charge in [-0.15, -0.1) is 0 Å². The van der Waals surface area contributed by atoms with E-state index in [1.54, 1.807) is 0 Å². The number of rotatable bonds is 73. The van der Waals surface area contributed by atoms with E-state index in [1.807, 2.05) is 0 Å². The molecule has 0 fully saturated rings. The first-order chi connectivity index (χ1) is 44.5. The predicted molar refractivity (Wildman–Crippen MR) is 372 cm³/mol. The van der Waals surface area contributed by atoms with Crippen molar-refractivity contribution in [3.63, 3.8) is 0 Å². The highest BCUT2D eigenvalue weighted by molar-refractivity contribution is 7.47. The Morgan fingerprint density at radius 2 is 0.500 bits per heavy atom. The second-order valence-corrected chi connectivity index (χ2v) is 29.7. The Labute approximate surface area is 562 Å². The highest BCUT2D eigenvalue weighted by Gasteiger charge is 2.30. The Balaban J connectivity index is 5.21. The van der Waals surface area contributed by atoms with Crippen LogP contribution in [0.2, 0.25) is 0 Å². The maximum atomic E-state index is 13.1. The number of carbonyl (C=O) groups excluding carboxylic acids is 4. The lowest BCUT2D eigenvalue weighted by Crippen LogP contribution is -2.30. The van der Waals surface area contributed by atoms with Gasteiger partial charge in [0, 0.05) is 25.7 Å². The van der Waals surface area contributed by atoms with Crippen LogP contribution in [0.4, 0.5) is 0 Å². The van der Waals surface area contributed by atoms with E-state index in [1.165, 1.54) is 199 Å². The van der Waals surface area contributed by atoms with E-state index < -0.39 is 97.5 Å². The van der Waals surface area contributed by atoms with Crippen molar-refractivity contribution in [2.75, 3.05) is 39.6 Å². The first-order valence-electron chi connectivity index (χ1n) is 38.1. The van der Waals surface area contributed by atoms with Crippen LogP contribution in [0.15, 0.2) is 0 Å². The third-order valence-corrected chi connectivity index (χ3v) is 18.9. The lowest BCUT2D eigenvalue weighted by molar-refractivity contribution is -0.161. The van der Waals surface area contributed by atoms with Gasteiger partial charge in [-0.2, -0.15) is 0 Å². The van der Waals surface area contributed by atoms with Gasteiger partial charge >= 0.3 is 39.5 Å². The zero-order valence-corrected chi connectivity index (χ0v) is 61.5. The molecule has 0 saturated carbocycles. The van der Waals surface area contributed by atoms with Gasteiger partial charge in [-0.05, 0) is 31.6 Å². The number of ether oxygens (including phenoxy) is 4. The van der Waals surface area contributed by atoms with Gasteiger partial charge in [0.15, 0.2) is 12.2 Å². The van der Waals surface area contributed by atoms with E-state index >= 15 is 0 Å². The van der Waals surface area contributed by atoms with Crippen molar-refractivity contribution in [2.24, 2.45) is 5.92 Å². The van der Waals surface area contributed by atoms with Crippen molar-refractivity contribution in [3.05, 3.63) is 0 Å². The zero-order valence-electron chi connectivity index (χ0n) is 59.7. The predicted octanol–water partition coefficient (Wildman–Crippen LogP) is 21.3. The number of phosphoric acid groups is 2. The monoisotopic (exact) mass is 1350 g/mol. The first kappa shape index (κ1) is 90.1. The molecule has 0 aromatic carbocycles. The highest BCUT2D eigenvalue weighted by atomic mass is 31.2. The van der Waals surface area contributed by atoms with Gasteiger partial charge < -0.3 is 33.8 Å². The van der Waals surface area contributed by atoms with Crippen LogP contribution in [-0.2, 0) is 65.4 Å². The molecule has 0 aliphatic rings. The van der Waals surface area contributed by atoms with Crippen molar-refractivity contribution in [1.29, 1.82) is 0 Å². The topological polar surface area (TPSA) is 237 Å². The fraction of sp³-hybridized carbons (Fsp3) is 0.945. The average molecular weight is 1350 g/mol. The Morgan fingerprint density at radius 1 is 0.293 bits per heavy atom. The number of aliphatic hydroxyl groups excluding tert-OH is 1. The Bertz CT molecular complexity index is 1770. The lowest BCUT2D eigenvalue weighted by atomic mass is 10.0. The number of carbonyl (C=O) groups is 4. The molecule has 0 amide bonds. The minimum Gasteiger partial charge on any atom is -0.462 e. The van der Waals surface area contributed by atoms with Crippen LogP contribution in [0.3, 0.4) is 0 Å². The smallest absolute Gasteiger partial charge is 0.462 e. The minimum atomic E-state index is -4.95. The molecular weight excluding hydrogens is 1210 g/mol. The summed E-state index contributed by atoms with van der Waals surface area (Å²) in [6, 6.07) is 0. The van der Waals surface area contributed by atoms with Crippen LogP contribution in [0.1, 0.15) is 381 Å². The van der Waals surface area contributed by atoms with Crippen molar-refractivity contribution in [3.8, 4) is 0 Å². The summed E-state index contributed by atoms with van der Waals surface area (Å²) in [4.78, 5) is 72.6. The lowest BCUT2D eigenvalue weighted by Gasteiger charge is -2.21. The van der Waals surface area contributed by atoms with Crippen LogP contribution >= 0.6 is 15.6 Å². The molecule has 0 spiro atoms. The third-order valence-electron chi connectivity index (χ3n) is 17.0. The summed E-state index contributed by atoms with van der Waals surface area (Å²) >= 11 is 0. The second kappa shape index (κ2) is 66.3. The molecule has 0 aromatic rings. The summed E-state index contributed by atoms with van der Waals surface area (Å²) in [6.07, 6.45) is 54.1. The van der Waals surface area contributed by atoms with E-state index in [-0.39, 0.29) is 25.7 Å². The Kier molecular flexibility index (Phi) is 64.9. The molecule has 0 aromatic heterocycles. The fourth-order valence-electron chi connectivity index (χ4n) is 11.2. The van der Waals surface area contributed by atoms with E-state index in [4.69, 9.17) is 37.0 Å². The van der Waals surface area contributed by atoms with Gasteiger partial charge in [0.05, 0.1) is 26.4 Å². The maximum Gasteiger partial charge on any atom is 0.472 e. The normalized spacial score (nSPS) is 14.0. The van der Waals surface area contributed by atoms with Gasteiger partial charge in [0.2, 0.25) is 0 Å². The molecule has 19 heteroatoms. The SMILES string of the molecule is CCCCCCCCCCCCCCCCCCC(=O)OC[C@H](COP(=O)(O)OC[C@@H](O)COP(=O)(O)OC[C@@H](COC(=O)CCCCCCCCCC)OC(=O)CCCCCCCCCCCC(C)C)OC(=O)CCCCCCCCCCCCCCCCCC. The van der Waals surface area contributed by atoms with Gasteiger partial charge in [0.1, 0.15) is 19.3 Å². The number of esters is 4. The van der Waals surface area contributed by atoms with Crippen molar-refractivity contribution < 1.29 is 80.2 Å². The minimum absolute atomic E-state index is 0.105. The quantitative estimate of drug-likeness (QED) is 0.0222. The zero-order chi connectivity index (χ0) is 67.7. The molecule has 2 unspecified atom stereocenters. The van der Waals surface area contributed by atoms with Crippen LogP contribution < -0.4 is 0 Å². The Morgan fingerprint density at radius 3 is 0.739 bits per heavy atom. The average Bonchev–Trinajstić information content (AvgIpc) is 2.52. The molecule has 0 bridgehead atoms. The molecule has 546 valence electrons. The van der Waals surface area contributed by atoms with E-state index in [2.05, 4.69) is 34.6 Å². The van der Waals surface area contributed by atoms with Crippen LogP contribution in [-0.4, -0.2) is 96.7 Å². The van der Waals surface area contributed by atoms with Crippen molar-refractivity contribution in [2.45, 2.75) is 400 Å². The molecule has 17 nitrogen and oxygen atoms in total. The van der Waals surface area contributed by atoms with Gasteiger partial charge in [-0.25, -0.2) is 9.13 Å². The van der Waals surface area contributed by atoms with Crippen molar-refractivity contribution >= 4 is 39.5 Å². The van der Waals surface area contributed by atoms with Crippen molar-refractivity contribution in [1.82, 2.24) is 0 Å². The number of phosphoric ester groups is 2. The van der Waals surface area contributed by atoms with Gasteiger partial charge in [-0.1, -0.05) is 330 Å². The molecule has 0 radical (unpaired) electrons. The molecule has 5 atom stereocenters. The molecule has 0 aliphatic carbocycles. The summed E-state index contributed by atoms with van der Waals surface area (Å²) in [5.41, 5.74) is 0. The molecular formula is C73H142O17P2. The van der Waals surface area contributed by atoms with Gasteiger partial charge in [0.25, 0.3) is 0 Å². The first-order valence-corrected chi connectivity index (χ1v) is 41.1. The summed E-state index contributed by atoms with van der Waals surface area (Å²) in [5.74, 6) is -1.38. The summed E-state index contributed by atoms with van der Waals surface area (Å²) in [7, 11) is -9.90. The molecule has 0 saturated heterocycles. The number of aliphatic hydroxyl groups is 1. The van der Waals surface area contributed by atoms with Gasteiger partial charge in [-0.3, -0.25) is 37.3 Å². The molecule has 92 heavy (non-hydrogen) atoms. The number of unbranched alkanes of at least 4 members (excludes halogenated alkanes) is 45. The standard InChI is InChI=1S/C73H142O17P2/c1-6-9-12-15-18-21-23-25-27-29-31-33-37-42-47-52-57-71(76)84-63-69(89-72(77)58-53-48-43-38-34-32-30-28-26-24-22-19-16-13-10-7-2)65-88-92(81,82)86-61-67(74)60-85-91(79,80)87-64-68(62-83-70(75)56-51-46-41-20-17-14-11-8-3)90-73(78)59-54-49-44-39-35-36-40-45-50-55-66(4)5/h66-69,74H,6-65H2,1-5H3,(H,79,80)(H,81,82)/t67-,68+,69+/m0/s1. The van der Waals surface area contributed by atoms with E-state index in [0.29, 0.717) is 25.7 Å². The summed E-state index contributed by atoms with van der Waals surface area (Å²) in [6.45, 7) is 7.23. The largest absolute Gasteiger partial charge is 0.472 e. The van der Waals surface area contributed by atoms with E-state index in [9.17, 15) is 43.2 Å². The van der Waals surface area contributed by atoms with Crippen LogP contribution in [0.25, 0.3) is 0 Å². The van der Waals surface area contributed by atoms with Crippen LogP contribution in [0, 0.1) is 5.92 Å². The summed E-state index contributed by atoms with van der Waals surface area (Å²) < 4.78 is 68.4. The molecule has 0 rings (SSSR count). The highest BCUT2D eigenvalue weighted by Crippen LogP contribution is 2.45. The Hall–Kier alpha value is -1.94. The maximum absolute atomic E-state index is 13.1. The second-order valence-electron chi connectivity index (χ2n) is 26.8. The summed E-state index contributed by atoms with van der Waals surface area (Å²) in [5, 5.41) is 10.6. The van der Waals surface area contributed by atoms with Crippen LogP contribution in [0.5, 0.6) is 0 Å². The number of hydrogen-bond acceptors (Lipinski definition) is 15. The third kappa shape index (κ3) is 66.7. The van der Waals surface area contributed by atoms with E-state index in [0.717, 1.165) is 102 Å². The molecule has 0 aliphatic heterocycles. The number of hydrogen-bond donors (Lipinski definition) is 3.